The van der Waals surface area contributed by atoms with Gasteiger partial charge in [-0.05, 0) is 37.1 Å². The highest BCUT2D eigenvalue weighted by Gasteiger charge is 2.15. The molecule has 0 radical (unpaired) electrons. The van der Waals surface area contributed by atoms with Crippen LogP contribution in [-0.2, 0) is 9.59 Å². The lowest BCUT2D eigenvalue weighted by molar-refractivity contribution is -0.137. The van der Waals surface area contributed by atoms with E-state index in [2.05, 4.69) is 5.32 Å². The third kappa shape index (κ3) is 4.14. The van der Waals surface area contributed by atoms with E-state index in [-0.39, 0.29) is 18.7 Å². The van der Waals surface area contributed by atoms with Crippen molar-refractivity contribution in [1.82, 2.24) is 0 Å². The Morgan fingerprint density at radius 3 is 2.72 bits per heavy atom. The lowest BCUT2D eigenvalue weighted by Crippen LogP contribution is -2.36. The van der Waals surface area contributed by atoms with Crippen LogP contribution in [0, 0.1) is 12.7 Å². The quantitative estimate of drug-likeness (QED) is 0.737. The Morgan fingerprint density at radius 2 is 2.17 bits per heavy atom. The lowest BCUT2D eigenvalue weighted by Gasteiger charge is -2.12. The lowest BCUT2D eigenvalue weighted by atomic mass is 10.1. The fourth-order valence-electron chi connectivity index (χ4n) is 1.40. The number of nitrogens with one attached hydrogen (secondary N) is 1. The normalized spacial score (nSPS) is 11.9. The van der Waals surface area contributed by atoms with Gasteiger partial charge in [0.05, 0.1) is 6.04 Å². The summed E-state index contributed by atoms with van der Waals surface area (Å²) in [6, 6.07) is 3.06. The molecule has 98 valence electrons. The highest BCUT2D eigenvalue weighted by molar-refractivity contribution is 5.95. The van der Waals surface area contributed by atoms with Crippen molar-refractivity contribution in [2.45, 2.75) is 25.8 Å². The van der Waals surface area contributed by atoms with Crippen LogP contribution in [0.5, 0.6) is 0 Å². The number of carboxylic acid groups (broad SMARTS) is 1. The molecule has 6 heteroatoms. The molecule has 0 aliphatic carbocycles. The summed E-state index contributed by atoms with van der Waals surface area (Å²) in [5, 5.41) is 11.0. The monoisotopic (exact) mass is 254 g/mol. The van der Waals surface area contributed by atoms with Gasteiger partial charge in [0.1, 0.15) is 5.82 Å². The summed E-state index contributed by atoms with van der Waals surface area (Å²) in [7, 11) is 0. The molecular weight excluding hydrogens is 239 g/mol. The van der Waals surface area contributed by atoms with Crippen LogP contribution in [0.2, 0.25) is 0 Å². The predicted molar refractivity (Wildman–Crippen MR) is 64.6 cm³/mol. The number of aryl methyl sites for hydroxylation is 1. The zero-order valence-corrected chi connectivity index (χ0v) is 9.94. The van der Waals surface area contributed by atoms with E-state index in [0.717, 1.165) is 0 Å². The largest absolute Gasteiger partial charge is 0.481 e. The Balaban J connectivity index is 2.61. The second-order valence-electron chi connectivity index (χ2n) is 3.99. The molecule has 0 aromatic heterocycles. The SMILES string of the molecule is Cc1cc(F)ccc1NC(=O)C(N)CCC(=O)O. The second-order valence-corrected chi connectivity index (χ2v) is 3.99. The van der Waals surface area contributed by atoms with E-state index in [0.29, 0.717) is 11.3 Å². The Hall–Kier alpha value is -1.95. The van der Waals surface area contributed by atoms with Gasteiger partial charge in [-0.1, -0.05) is 0 Å². The fourth-order valence-corrected chi connectivity index (χ4v) is 1.40. The molecule has 1 amide bonds. The Morgan fingerprint density at radius 1 is 1.50 bits per heavy atom. The molecule has 1 aromatic rings. The van der Waals surface area contributed by atoms with Crippen LogP contribution in [0.4, 0.5) is 10.1 Å². The van der Waals surface area contributed by atoms with E-state index >= 15 is 0 Å². The molecule has 0 saturated carbocycles. The number of anilines is 1. The Bertz CT molecular complexity index is 463. The molecule has 1 rings (SSSR count). The van der Waals surface area contributed by atoms with Crippen LogP contribution < -0.4 is 11.1 Å². The number of benzene rings is 1. The number of carbonyl (C=O) groups excluding carboxylic acids is 1. The molecule has 0 heterocycles. The van der Waals surface area contributed by atoms with Crippen molar-refractivity contribution in [3.8, 4) is 0 Å². The van der Waals surface area contributed by atoms with Gasteiger partial charge in [-0.2, -0.15) is 0 Å². The number of nitrogens with two attached hydrogens (primary N) is 1. The minimum atomic E-state index is -1.00. The maximum atomic E-state index is 12.9. The molecule has 1 aromatic carbocycles. The van der Waals surface area contributed by atoms with Crippen molar-refractivity contribution in [3.05, 3.63) is 29.6 Å². The first-order valence-corrected chi connectivity index (χ1v) is 5.44. The molecule has 5 nitrogen and oxygen atoms in total. The fraction of sp³-hybridized carbons (Fsp3) is 0.333. The van der Waals surface area contributed by atoms with Gasteiger partial charge in [-0.15, -0.1) is 0 Å². The molecule has 4 N–H and O–H groups in total. The van der Waals surface area contributed by atoms with E-state index < -0.39 is 17.9 Å². The van der Waals surface area contributed by atoms with Gasteiger partial charge < -0.3 is 16.2 Å². The molecule has 0 aliphatic heterocycles. The molecule has 0 bridgehead atoms. The zero-order valence-electron chi connectivity index (χ0n) is 9.94. The van der Waals surface area contributed by atoms with Crippen molar-refractivity contribution < 1.29 is 19.1 Å². The van der Waals surface area contributed by atoms with E-state index in [1.807, 2.05) is 0 Å². The van der Waals surface area contributed by atoms with Crippen molar-refractivity contribution in [2.24, 2.45) is 5.73 Å². The van der Waals surface area contributed by atoms with Gasteiger partial charge in [-0.25, -0.2) is 4.39 Å². The first-order chi connectivity index (χ1) is 8.40. The smallest absolute Gasteiger partial charge is 0.303 e. The summed E-state index contributed by atoms with van der Waals surface area (Å²) >= 11 is 0. The van der Waals surface area contributed by atoms with Crippen LogP contribution in [-0.4, -0.2) is 23.0 Å². The highest BCUT2D eigenvalue weighted by Crippen LogP contribution is 2.16. The van der Waals surface area contributed by atoms with Crippen LogP contribution in [0.25, 0.3) is 0 Å². The number of rotatable bonds is 5. The third-order valence-corrected chi connectivity index (χ3v) is 2.45. The zero-order chi connectivity index (χ0) is 13.7. The highest BCUT2D eigenvalue weighted by atomic mass is 19.1. The number of hydrogen-bond acceptors (Lipinski definition) is 3. The van der Waals surface area contributed by atoms with Crippen molar-refractivity contribution >= 4 is 17.6 Å². The number of amides is 1. The van der Waals surface area contributed by atoms with Gasteiger partial charge in [0.25, 0.3) is 0 Å². The molecule has 0 spiro atoms. The summed E-state index contributed by atoms with van der Waals surface area (Å²) < 4.78 is 12.9. The molecule has 0 aliphatic rings. The minimum Gasteiger partial charge on any atom is -0.481 e. The first kappa shape index (κ1) is 14.1. The topological polar surface area (TPSA) is 92.4 Å². The predicted octanol–water partition coefficient (Wildman–Crippen LogP) is 1.26. The van der Waals surface area contributed by atoms with Crippen LogP contribution in [0.3, 0.4) is 0 Å². The maximum Gasteiger partial charge on any atom is 0.303 e. The van der Waals surface area contributed by atoms with Gasteiger partial charge >= 0.3 is 5.97 Å². The molecule has 1 atom stereocenters. The van der Waals surface area contributed by atoms with Crippen molar-refractivity contribution in [1.29, 1.82) is 0 Å². The molecule has 18 heavy (non-hydrogen) atoms. The van der Waals surface area contributed by atoms with Gasteiger partial charge in [-0.3, -0.25) is 9.59 Å². The minimum absolute atomic E-state index is 0.0570. The summed E-state index contributed by atoms with van der Waals surface area (Å²) in [6.45, 7) is 1.65. The van der Waals surface area contributed by atoms with Gasteiger partial charge in [0.2, 0.25) is 5.91 Å². The molecule has 0 fully saturated rings. The number of carbonyl (C=O) groups is 2. The molecule has 1 unspecified atom stereocenters. The van der Waals surface area contributed by atoms with Crippen molar-refractivity contribution in [3.63, 3.8) is 0 Å². The average molecular weight is 254 g/mol. The summed E-state index contributed by atoms with van der Waals surface area (Å²) in [5.41, 5.74) is 6.59. The number of halogens is 1. The first-order valence-electron chi connectivity index (χ1n) is 5.44. The Kier molecular flexibility index (Phi) is 4.79. The van der Waals surface area contributed by atoms with Crippen LogP contribution in [0.1, 0.15) is 18.4 Å². The van der Waals surface area contributed by atoms with E-state index in [1.165, 1.54) is 18.2 Å². The van der Waals surface area contributed by atoms with Gasteiger partial charge in [0.15, 0.2) is 0 Å². The number of carboxylic acids is 1. The van der Waals surface area contributed by atoms with E-state index in [4.69, 9.17) is 10.8 Å². The Labute approximate surface area is 104 Å². The van der Waals surface area contributed by atoms with E-state index in [1.54, 1.807) is 6.92 Å². The standard InChI is InChI=1S/C12H15FN2O3/c1-7-6-8(13)2-4-10(7)15-12(18)9(14)3-5-11(16)17/h2,4,6,9H,3,5,14H2,1H3,(H,15,18)(H,16,17). The number of hydrogen-bond donors (Lipinski definition) is 3. The summed E-state index contributed by atoms with van der Waals surface area (Å²) in [4.78, 5) is 22.0. The number of aliphatic carboxylic acids is 1. The van der Waals surface area contributed by atoms with Crippen LogP contribution >= 0.6 is 0 Å². The maximum absolute atomic E-state index is 12.9. The average Bonchev–Trinajstić information content (AvgIpc) is 2.29. The second kappa shape index (κ2) is 6.11. The molecular formula is C12H15FN2O3. The van der Waals surface area contributed by atoms with E-state index in [9.17, 15) is 14.0 Å². The van der Waals surface area contributed by atoms with Gasteiger partial charge in [0, 0.05) is 12.1 Å². The third-order valence-electron chi connectivity index (χ3n) is 2.45. The summed E-state index contributed by atoms with van der Waals surface area (Å²) in [6.07, 6.45) is -0.113. The van der Waals surface area contributed by atoms with Crippen LogP contribution in [0.15, 0.2) is 18.2 Å². The van der Waals surface area contributed by atoms with Crippen molar-refractivity contribution in [2.75, 3.05) is 5.32 Å². The molecule has 0 saturated heterocycles. The summed E-state index contributed by atoms with van der Waals surface area (Å²) in [5.74, 6) is -1.87.